The lowest BCUT2D eigenvalue weighted by Crippen LogP contribution is -2.25. The van der Waals surface area contributed by atoms with Crippen molar-refractivity contribution in [2.24, 2.45) is 0 Å². The fourth-order valence-electron chi connectivity index (χ4n) is 2.95. The third kappa shape index (κ3) is 5.60. The summed E-state index contributed by atoms with van der Waals surface area (Å²) in [5, 5.41) is 11.0. The number of hydrogen-bond donors (Lipinski definition) is 1. The Morgan fingerprint density at radius 3 is 2.33 bits per heavy atom. The molecule has 0 fully saturated rings. The van der Waals surface area contributed by atoms with Crippen molar-refractivity contribution in [3.05, 3.63) is 99.6 Å². The summed E-state index contributed by atoms with van der Waals surface area (Å²) in [6, 6.07) is 17.0. The smallest absolute Gasteiger partial charge is 0.340 e. The summed E-state index contributed by atoms with van der Waals surface area (Å²) in [5.74, 6) is -1.31. The molecule has 0 aliphatic carbocycles. The molecule has 3 aromatic carbocycles. The lowest BCUT2D eigenvalue weighted by molar-refractivity contribution is -0.385. The van der Waals surface area contributed by atoms with Gasteiger partial charge in [0.25, 0.3) is 15.7 Å². The first-order chi connectivity index (χ1) is 15.6. The number of ketones is 1. The molecule has 3 aromatic rings. The van der Waals surface area contributed by atoms with Crippen LogP contribution in [0.25, 0.3) is 0 Å². The van der Waals surface area contributed by atoms with Crippen LogP contribution in [0.15, 0.2) is 77.7 Å². The third-order valence-electron chi connectivity index (χ3n) is 4.72. The third-order valence-corrected chi connectivity index (χ3v) is 6.08. The molecule has 0 radical (unpaired) electrons. The predicted molar refractivity (Wildman–Crippen MR) is 121 cm³/mol. The molecule has 0 saturated heterocycles. The molecule has 0 saturated carbocycles. The number of esters is 1. The van der Waals surface area contributed by atoms with Crippen molar-refractivity contribution in [1.29, 1.82) is 0 Å². The highest BCUT2D eigenvalue weighted by molar-refractivity contribution is 7.92. The summed E-state index contributed by atoms with van der Waals surface area (Å²) < 4.78 is 33.0. The van der Waals surface area contributed by atoms with E-state index in [4.69, 9.17) is 4.74 Å². The van der Waals surface area contributed by atoms with E-state index in [-0.39, 0.29) is 16.1 Å². The Morgan fingerprint density at radius 1 is 1.00 bits per heavy atom. The topological polar surface area (TPSA) is 133 Å². The van der Waals surface area contributed by atoms with Gasteiger partial charge in [-0.25, -0.2) is 13.2 Å². The van der Waals surface area contributed by atoms with Crippen molar-refractivity contribution in [3.8, 4) is 0 Å². The lowest BCUT2D eigenvalue weighted by atomic mass is 10.1. The summed E-state index contributed by atoms with van der Waals surface area (Å²) in [7, 11) is -4.25. The van der Waals surface area contributed by atoms with Crippen molar-refractivity contribution in [3.63, 3.8) is 0 Å². The maximum absolute atomic E-state index is 12.8. The number of nitro benzene ring substituents is 1. The summed E-state index contributed by atoms with van der Waals surface area (Å²) in [4.78, 5) is 35.2. The average molecular weight is 468 g/mol. The van der Waals surface area contributed by atoms with Crippen LogP contribution in [-0.4, -0.2) is 31.2 Å². The predicted octanol–water partition coefficient (Wildman–Crippen LogP) is 4.13. The summed E-state index contributed by atoms with van der Waals surface area (Å²) in [6.45, 7) is 3.30. The minimum absolute atomic E-state index is 0.0935. The number of carbonyl (C=O) groups excluding carboxylic acids is 2. The van der Waals surface area contributed by atoms with Crippen LogP contribution in [-0.2, 0) is 14.8 Å². The number of Topliss-reactive ketones (excluding diaryl/α,β-unsaturated/α-hetero) is 1. The van der Waals surface area contributed by atoms with E-state index in [1.54, 1.807) is 24.3 Å². The number of para-hydroxylation sites is 1. The van der Waals surface area contributed by atoms with E-state index in [0.717, 1.165) is 17.7 Å². The molecular weight excluding hydrogens is 448 g/mol. The number of non-ortho nitro benzene ring substituents is 1. The van der Waals surface area contributed by atoms with Gasteiger partial charge in [-0.05, 0) is 32.0 Å². The summed E-state index contributed by atoms with van der Waals surface area (Å²) in [5.41, 5.74) is 0.745. The van der Waals surface area contributed by atoms with Gasteiger partial charge in [0.2, 0.25) is 5.78 Å². The van der Waals surface area contributed by atoms with Crippen molar-refractivity contribution in [2.75, 3.05) is 4.72 Å². The van der Waals surface area contributed by atoms with Gasteiger partial charge in [-0.3, -0.25) is 19.6 Å². The van der Waals surface area contributed by atoms with Gasteiger partial charge in [-0.1, -0.05) is 48.0 Å². The van der Waals surface area contributed by atoms with Crippen LogP contribution in [0.4, 0.5) is 11.4 Å². The molecule has 1 unspecified atom stereocenters. The van der Waals surface area contributed by atoms with E-state index in [9.17, 15) is 28.1 Å². The molecule has 0 amide bonds. The van der Waals surface area contributed by atoms with Crippen molar-refractivity contribution >= 4 is 33.2 Å². The van der Waals surface area contributed by atoms with E-state index in [1.165, 1.54) is 43.3 Å². The monoisotopic (exact) mass is 468 g/mol. The van der Waals surface area contributed by atoms with Crippen LogP contribution in [0.2, 0.25) is 0 Å². The van der Waals surface area contributed by atoms with E-state index < -0.39 is 38.5 Å². The molecule has 0 aliphatic rings. The number of benzene rings is 3. The van der Waals surface area contributed by atoms with Gasteiger partial charge in [0.05, 0.1) is 21.1 Å². The second-order valence-corrected chi connectivity index (χ2v) is 8.87. The number of sulfonamides is 1. The maximum atomic E-state index is 12.8. The lowest BCUT2D eigenvalue weighted by Gasteiger charge is -2.15. The molecule has 0 bridgehead atoms. The second kappa shape index (κ2) is 9.61. The molecule has 10 heteroatoms. The Hall–Kier alpha value is -4.05. The van der Waals surface area contributed by atoms with Gasteiger partial charge < -0.3 is 4.74 Å². The van der Waals surface area contributed by atoms with Crippen LogP contribution in [0.3, 0.4) is 0 Å². The molecule has 0 spiro atoms. The van der Waals surface area contributed by atoms with Crippen LogP contribution in [0.1, 0.15) is 33.2 Å². The van der Waals surface area contributed by atoms with Crippen LogP contribution >= 0.6 is 0 Å². The number of rotatable bonds is 8. The van der Waals surface area contributed by atoms with E-state index in [1.807, 2.05) is 6.92 Å². The van der Waals surface area contributed by atoms with Crippen LogP contribution in [0, 0.1) is 17.0 Å². The fourth-order valence-corrected chi connectivity index (χ4v) is 4.07. The van der Waals surface area contributed by atoms with E-state index in [0.29, 0.717) is 5.56 Å². The molecular formula is C23H20N2O7S. The Kier molecular flexibility index (Phi) is 6.88. The minimum Gasteiger partial charge on any atom is -0.451 e. The Bertz CT molecular complexity index is 1320. The molecule has 9 nitrogen and oxygen atoms in total. The zero-order valence-electron chi connectivity index (χ0n) is 17.7. The Labute approximate surface area is 190 Å². The molecule has 0 heterocycles. The number of carbonyl (C=O) groups is 2. The minimum atomic E-state index is -4.25. The number of nitrogens with zero attached hydrogens (tertiary/aromatic N) is 1. The molecule has 1 atom stereocenters. The van der Waals surface area contributed by atoms with Crippen molar-refractivity contribution in [2.45, 2.75) is 24.8 Å². The highest BCUT2D eigenvalue weighted by Gasteiger charge is 2.24. The number of ether oxygens (including phenoxy) is 1. The highest BCUT2D eigenvalue weighted by atomic mass is 32.2. The maximum Gasteiger partial charge on any atom is 0.340 e. The first-order valence-electron chi connectivity index (χ1n) is 9.76. The van der Waals surface area contributed by atoms with Gasteiger partial charge in [0, 0.05) is 17.7 Å². The first kappa shape index (κ1) is 23.6. The van der Waals surface area contributed by atoms with Crippen LogP contribution < -0.4 is 4.72 Å². The Balaban J connectivity index is 1.81. The molecule has 3 rings (SSSR count). The quantitative estimate of drug-likeness (QED) is 0.227. The highest BCUT2D eigenvalue weighted by Crippen LogP contribution is 2.24. The largest absolute Gasteiger partial charge is 0.451 e. The number of hydrogen-bond acceptors (Lipinski definition) is 7. The molecule has 0 aliphatic heterocycles. The van der Waals surface area contributed by atoms with Crippen LogP contribution in [0.5, 0.6) is 0 Å². The molecule has 1 N–H and O–H groups in total. The number of nitro groups is 1. The molecule has 33 heavy (non-hydrogen) atoms. The average Bonchev–Trinajstić information content (AvgIpc) is 2.79. The first-order valence-corrected chi connectivity index (χ1v) is 11.2. The Morgan fingerprint density at radius 2 is 1.67 bits per heavy atom. The number of nitrogens with one attached hydrogen (secondary N) is 1. The second-order valence-electron chi connectivity index (χ2n) is 7.18. The van der Waals surface area contributed by atoms with Gasteiger partial charge in [-0.15, -0.1) is 0 Å². The normalized spacial score (nSPS) is 11.9. The van der Waals surface area contributed by atoms with Gasteiger partial charge >= 0.3 is 5.97 Å². The van der Waals surface area contributed by atoms with Gasteiger partial charge in [0.15, 0.2) is 6.10 Å². The van der Waals surface area contributed by atoms with Crippen molar-refractivity contribution < 1.29 is 27.7 Å². The number of aryl methyl sites for hydroxylation is 1. The fraction of sp³-hybridized carbons (Fsp3) is 0.130. The number of anilines is 1. The summed E-state index contributed by atoms with van der Waals surface area (Å²) >= 11 is 0. The zero-order valence-corrected chi connectivity index (χ0v) is 18.5. The molecule has 170 valence electrons. The van der Waals surface area contributed by atoms with E-state index >= 15 is 0 Å². The van der Waals surface area contributed by atoms with Crippen molar-refractivity contribution in [1.82, 2.24) is 0 Å². The standard InChI is InChI=1S/C23H20N2O7S/c1-15-10-12-17(13-11-15)22(26)16(2)32-23(27)20-8-3-4-9-21(20)24-33(30,31)19-7-5-6-18(14-19)25(28)29/h3-14,16,24H,1-2H3. The SMILES string of the molecule is Cc1ccc(C(=O)C(C)OC(=O)c2ccccc2NS(=O)(=O)c2cccc([N+](=O)[O-])c2)cc1. The molecule has 0 aromatic heterocycles. The summed E-state index contributed by atoms with van der Waals surface area (Å²) in [6.07, 6.45) is -1.11. The zero-order chi connectivity index (χ0) is 24.2. The van der Waals surface area contributed by atoms with Gasteiger partial charge in [-0.2, -0.15) is 0 Å². The van der Waals surface area contributed by atoms with Gasteiger partial charge in [0.1, 0.15) is 0 Å². The van der Waals surface area contributed by atoms with E-state index in [2.05, 4.69) is 4.72 Å².